The number of benzene rings is 1. The van der Waals surface area contributed by atoms with E-state index in [1.54, 1.807) is 0 Å². The summed E-state index contributed by atoms with van der Waals surface area (Å²) >= 11 is 4.70. The van der Waals surface area contributed by atoms with Crippen LogP contribution in [-0.2, 0) is 16.0 Å². The monoisotopic (exact) mass is 295 g/mol. The normalized spacial score (nSPS) is 9.85. The molecule has 0 heterocycles. The van der Waals surface area contributed by atoms with Gasteiger partial charge in [-0.05, 0) is 6.92 Å². The van der Waals surface area contributed by atoms with Crippen LogP contribution in [0.5, 0.6) is 5.75 Å². The summed E-state index contributed by atoms with van der Waals surface area (Å²) in [5.74, 6) is -0.693. The van der Waals surface area contributed by atoms with Gasteiger partial charge in [0.25, 0.3) is 5.69 Å². The molecule has 0 fully saturated rings. The van der Waals surface area contributed by atoms with Gasteiger partial charge in [-0.2, -0.15) is 0 Å². The molecule has 1 rings (SSSR count). The van der Waals surface area contributed by atoms with E-state index in [2.05, 4.69) is 6.58 Å². The van der Waals surface area contributed by atoms with E-state index < -0.39 is 10.9 Å². The lowest BCUT2D eigenvalue weighted by Gasteiger charge is -2.08. The first-order valence-corrected chi connectivity index (χ1v) is 6.12. The SMILES string of the molecule is C=C(C)C(=O)OCCc1cc([N+](=O)[O-])cc(C=S)c1O. The molecule has 0 radical (unpaired) electrons. The van der Waals surface area contributed by atoms with Crippen LogP contribution in [0.3, 0.4) is 0 Å². The second-order valence-corrected chi connectivity index (χ2v) is 4.32. The van der Waals surface area contributed by atoms with E-state index in [0.717, 1.165) is 5.37 Å². The zero-order chi connectivity index (χ0) is 15.3. The summed E-state index contributed by atoms with van der Waals surface area (Å²) in [4.78, 5) is 21.4. The molecule has 1 N–H and O–H groups in total. The molecule has 0 saturated heterocycles. The van der Waals surface area contributed by atoms with E-state index in [1.807, 2.05) is 0 Å². The topological polar surface area (TPSA) is 89.7 Å². The third-order valence-electron chi connectivity index (χ3n) is 2.49. The van der Waals surface area contributed by atoms with Crippen molar-refractivity contribution in [1.29, 1.82) is 0 Å². The zero-order valence-electron chi connectivity index (χ0n) is 10.8. The van der Waals surface area contributed by atoms with Gasteiger partial charge in [0.2, 0.25) is 0 Å². The molecule has 7 heteroatoms. The van der Waals surface area contributed by atoms with Crippen molar-refractivity contribution in [2.24, 2.45) is 0 Å². The van der Waals surface area contributed by atoms with Gasteiger partial charge < -0.3 is 9.84 Å². The Labute approximate surface area is 120 Å². The molecule has 0 aliphatic carbocycles. The summed E-state index contributed by atoms with van der Waals surface area (Å²) in [5, 5.41) is 21.8. The first-order chi connectivity index (χ1) is 9.36. The number of ether oxygens (including phenoxy) is 1. The highest BCUT2D eigenvalue weighted by atomic mass is 32.1. The number of carbonyl (C=O) groups excluding carboxylic acids is 1. The van der Waals surface area contributed by atoms with Crippen molar-refractivity contribution in [2.75, 3.05) is 6.61 Å². The summed E-state index contributed by atoms with van der Waals surface area (Å²) in [6.45, 7) is 4.93. The van der Waals surface area contributed by atoms with Crippen LogP contribution in [0.25, 0.3) is 0 Å². The molecule has 0 aliphatic heterocycles. The number of esters is 1. The lowest BCUT2D eigenvalue weighted by atomic mass is 10.1. The number of thiocarbonyl (C=S) groups is 1. The maximum Gasteiger partial charge on any atom is 0.333 e. The molecule has 6 nitrogen and oxygen atoms in total. The summed E-state index contributed by atoms with van der Waals surface area (Å²) in [6, 6.07) is 2.41. The maximum atomic E-state index is 11.2. The van der Waals surface area contributed by atoms with Crippen LogP contribution < -0.4 is 0 Å². The molecule has 1 aromatic rings. The third kappa shape index (κ3) is 3.86. The average Bonchev–Trinajstić information content (AvgIpc) is 2.39. The molecular weight excluding hydrogens is 282 g/mol. The number of nitro benzene ring substituents is 1. The van der Waals surface area contributed by atoms with Crippen molar-refractivity contribution >= 4 is 29.2 Å². The molecule has 0 amide bonds. The molecule has 0 atom stereocenters. The lowest BCUT2D eigenvalue weighted by molar-refractivity contribution is -0.384. The van der Waals surface area contributed by atoms with Crippen molar-refractivity contribution in [3.05, 3.63) is 45.5 Å². The van der Waals surface area contributed by atoms with Gasteiger partial charge in [-0.3, -0.25) is 10.1 Å². The lowest BCUT2D eigenvalue weighted by Crippen LogP contribution is -2.08. The van der Waals surface area contributed by atoms with Gasteiger partial charge in [0, 0.05) is 40.6 Å². The van der Waals surface area contributed by atoms with E-state index in [-0.39, 0.29) is 35.6 Å². The van der Waals surface area contributed by atoms with Crippen molar-refractivity contribution in [1.82, 2.24) is 0 Å². The minimum atomic E-state index is -0.578. The van der Waals surface area contributed by atoms with Crippen LogP contribution >= 0.6 is 12.2 Å². The molecule has 0 bridgehead atoms. The number of phenols is 1. The maximum absolute atomic E-state index is 11.2. The molecule has 1 aromatic carbocycles. The summed E-state index contributed by atoms with van der Waals surface area (Å²) in [5.41, 5.74) is 0.563. The van der Waals surface area contributed by atoms with E-state index in [0.29, 0.717) is 5.56 Å². The van der Waals surface area contributed by atoms with Gasteiger partial charge in [-0.15, -0.1) is 0 Å². The van der Waals surface area contributed by atoms with Crippen LogP contribution in [0.4, 0.5) is 5.69 Å². The minimum absolute atomic E-state index is 0.0166. The van der Waals surface area contributed by atoms with Crippen LogP contribution in [0.15, 0.2) is 24.3 Å². The van der Waals surface area contributed by atoms with Crippen LogP contribution in [0.2, 0.25) is 0 Å². The van der Waals surface area contributed by atoms with E-state index in [1.165, 1.54) is 19.1 Å². The van der Waals surface area contributed by atoms with E-state index in [4.69, 9.17) is 17.0 Å². The van der Waals surface area contributed by atoms with Gasteiger partial charge in [0.15, 0.2) is 0 Å². The molecule has 0 aromatic heterocycles. The summed E-state index contributed by atoms with van der Waals surface area (Å²) in [6.07, 6.45) is 0.142. The van der Waals surface area contributed by atoms with Crippen LogP contribution in [-0.4, -0.2) is 28.0 Å². The number of aromatic hydroxyl groups is 1. The molecule has 0 unspecified atom stereocenters. The smallest absolute Gasteiger partial charge is 0.333 e. The second kappa shape index (κ2) is 6.76. The Morgan fingerprint density at radius 2 is 2.25 bits per heavy atom. The van der Waals surface area contributed by atoms with E-state index in [9.17, 15) is 20.0 Å². The fourth-order valence-corrected chi connectivity index (χ4v) is 1.64. The van der Waals surface area contributed by atoms with Crippen molar-refractivity contribution in [3.63, 3.8) is 0 Å². The highest BCUT2D eigenvalue weighted by molar-refractivity contribution is 7.79. The first kappa shape index (κ1) is 15.8. The first-order valence-electron chi connectivity index (χ1n) is 5.65. The highest BCUT2D eigenvalue weighted by Crippen LogP contribution is 2.27. The van der Waals surface area contributed by atoms with Gasteiger partial charge >= 0.3 is 5.97 Å². The molecule has 20 heavy (non-hydrogen) atoms. The number of nitro groups is 1. The number of phenolic OH excluding ortho intramolecular Hbond substituents is 1. The number of hydrogen-bond donors (Lipinski definition) is 1. The van der Waals surface area contributed by atoms with Crippen molar-refractivity contribution in [3.8, 4) is 5.75 Å². The van der Waals surface area contributed by atoms with Crippen LogP contribution in [0, 0.1) is 10.1 Å². The Kier molecular flexibility index (Phi) is 5.33. The van der Waals surface area contributed by atoms with Gasteiger partial charge in [0.05, 0.1) is 11.5 Å². The van der Waals surface area contributed by atoms with E-state index >= 15 is 0 Å². The quantitative estimate of drug-likeness (QED) is 0.285. The molecular formula is C13H13NO5S. The van der Waals surface area contributed by atoms with Gasteiger partial charge in [0.1, 0.15) is 5.75 Å². The Morgan fingerprint density at radius 1 is 1.60 bits per heavy atom. The molecule has 0 spiro atoms. The number of carbonyl (C=O) groups is 1. The zero-order valence-corrected chi connectivity index (χ0v) is 11.6. The largest absolute Gasteiger partial charge is 0.507 e. The predicted molar refractivity (Wildman–Crippen MR) is 77.0 cm³/mol. The Morgan fingerprint density at radius 3 is 2.75 bits per heavy atom. The Bertz CT molecular complexity index is 582. The number of nitrogens with zero attached hydrogens (tertiary/aromatic N) is 1. The van der Waals surface area contributed by atoms with Crippen LogP contribution in [0.1, 0.15) is 18.1 Å². The fourth-order valence-electron chi connectivity index (χ4n) is 1.46. The molecule has 0 saturated carbocycles. The third-order valence-corrected chi connectivity index (χ3v) is 2.75. The Balaban J connectivity index is 2.91. The Hall–Kier alpha value is -2.28. The second-order valence-electron chi connectivity index (χ2n) is 4.08. The average molecular weight is 295 g/mol. The summed E-state index contributed by atoms with van der Waals surface area (Å²) < 4.78 is 4.88. The number of rotatable bonds is 6. The summed E-state index contributed by atoms with van der Waals surface area (Å²) in [7, 11) is 0. The van der Waals surface area contributed by atoms with Crippen molar-refractivity contribution < 1.29 is 19.6 Å². The number of non-ortho nitro benzene ring substituents is 1. The molecule has 0 aliphatic rings. The minimum Gasteiger partial charge on any atom is -0.507 e. The predicted octanol–water partition coefficient (Wildman–Crippen LogP) is 2.31. The standard InChI is InChI=1S/C13H13NO5S/c1-8(2)13(16)19-4-3-9-5-11(14(17)18)6-10(7-20)12(9)15/h5-7,15H,1,3-4H2,2H3. The fraction of sp³-hybridized carbons (Fsp3) is 0.231. The highest BCUT2D eigenvalue weighted by Gasteiger charge is 2.15. The molecule has 106 valence electrons. The van der Waals surface area contributed by atoms with Crippen molar-refractivity contribution in [2.45, 2.75) is 13.3 Å². The van der Waals surface area contributed by atoms with Gasteiger partial charge in [-0.25, -0.2) is 4.79 Å². The van der Waals surface area contributed by atoms with Gasteiger partial charge in [-0.1, -0.05) is 18.8 Å². The number of hydrogen-bond acceptors (Lipinski definition) is 6.